The minimum Gasteiger partial charge on any atom is -0.379 e. The van der Waals surface area contributed by atoms with Crippen molar-refractivity contribution in [2.75, 3.05) is 26.4 Å². The van der Waals surface area contributed by atoms with E-state index in [1.807, 2.05) is 0 Å². The molecule has 1 aliphatic heterocycles. The molecule has 0 saturated carbocycles. The Labute approximate surface area is 114 Å². The van der Waals surface area contributed by atoms with Gasteiger partial charge in [0.2, 0.25) is 0 Å². The quantitative estimate of drug-likeness (QED) is 0.734. The van der Waals surface area contributed by atoms with Crippen molar-refractivity contribution in [3.8, 4) is 0 Å². The van der Waals surface area contributed by atoms with Gasteiger partial charge in [0.05, 0.1) is 12.7 Å². The van der Waals surface area contributed by atoms with Crippen LogP contribution < -0.4 is 5.32 Å². The maximum atomic E-state index is 12.7. The van der Waals surface area contributed by atoms with Gasteiger partial charge >= 0.3 is 0 Å². The van der Waals surface area contributed by atoms with E-state index in [2.05, 4.69) is 5.32 Å². The highest BCUT2D eigenvalue weighted by Crippen LogP contribution is 2.11. The molecular formula is C15H22FNO2. The van der Waals surface area contributed by atoms with Crippen molar-refractivity contribution in [1.82, 2.24) is 5.32 Å². The maximum Gasteiger partial charge on any atom is 0.123 e. The Kier molecular flexibility index (Phi) is 6.27. The number of benzene rings is 1. The molecule has 3 nitrogen and oxygen atoms in total. The van der Waals surface area contributed by atoms with Crippen molar-refractivity contribution >= 4 is 0 Å². The van der Waals surface area contributed by atoms with Crippen molar-refractivity contribution in [1.29, 1.82) is 0 Å². The summed E-state index contributed by atoms with van der Waals surface area (Å²) in [5, 5.41) is 3.32. The van der Waals surface area contributed by atoms with Crippen molar-refractivity contribution < 1.29 is 13.9 Å². The largest absolute Gasteiger partial charge is 0.379 e. The van der Waals surface area contributed by atoms with Crippen LogP contribution in [0.1, 0.15) is 24.8 Å². The summed E-state index contributed by atoms with van der Waals surface area (Å²) in [6, 6.07) is 6.58. The zero-order chi connectivity index (χ0) is 13.3. The highest BCUT2D eigenvalue weighted by Gasteiger charge is 2.14. The topological polar surface area (TPSA) is 30.5 Å². The molecule has 0 radical (unpaired) electrons. The number of halogens is 1. The smallest absolute Gasteiger partial charge is 0.123 e. The SMILES string of the molecule is Fc1ccc(CNCCCOCC2CCCO2)cc1. The molecule has 1 aromatic rings. The second-order valence-corrected chi connectivity index (χ2v) is 4.87. The molecule has 1 heterocycles. The lowest BCUT2D eigenvalue weighted by Gasteiger charge is -2.10. The first-order valence-corrected chi connectivity index (χ1v) is 6.99. The monoisotopic (exact) mass is 267 g/mol. The fourth-order valence-electron chi connectivity index (χ4n) is 2.12. The molecule has 2 rings (SSSR count). The molecule has 0 amide bonds. The number of hydrogen-bond donors (Lipinski definition) is 1. The summed E-state index contributed by atoms with van der Waals surface area (Å²) in [6.07, 6.45) is 3.58. The second kappa shape index (κ2) is 8.25. The minimum atomic E-state index is -0.189. The van der Waals surface area contributed by atoms with E-state index in [1.54, 1.807) is 12.1 Å². The van der Waals surface area contributed by atoms with E-state index in [9.17, 15) is 4.39 Å². The predicted octanol–water partition coefficient (Wildman–Crippen LogP) is 2.50. The Morgan fingerprint density at radius 3 is 2.89 bits per heavy atom. The second-order valence-electron chi connectivity index (χ2n) is 4.87. The molecule has 1 fully saturated rings. The van der Waals surface area contributed by atoms with Gasteiger partial charge < -0.3 is 14.8 Å². The summed E-state index contributed by atoms with van der Waals surface area (Å²) < 4.78 is 23.7. The molecule has 19 heavy (non-hydrogen) atoms. The Hall–Kier alpha value is -0.970. The third-order valence-electron chi connectivity index (χ3n) is 3.21. The molecular weight excluding hydrogens is 245 g/mol. The molecule has 1 atom stereocenters. The first-order chi connectivity index (χ1) is 9.34. The van der Waals surface area contributed by atoms with Gasteiger partial charge in [0, 0.05) is 19.8 Å². The zero-order valence-corrected chi connectivity index (χ0v) is 11.2. The van der Waals surface area contributed by atoms with Gasteiger partial charge in [-0.25, -0.2) is 4.39 Å². The summed E-state index contributed by atoms with van der Waals surface area (Å²) >= 11 is 0. The Morgan fingerprint density at radius 1 is 1.32 bits per heavy atom. The number of ether oxygens (including phenoxy) is 2. The van der Waals surface area contributed by atoms with Crippen LogP contribution in [0.4, 0.5) is 4.39 Å². The minimum absolute atomic E-state index is 0.189. The molecule has 1 N–H and O–H groups in total. The van der Waals surface area contributed by atoms with Crippen LogP contribution in [0.3, 0.4) is 0 Å². The molecule has 0 bridgehead atoms. The van der Waals surface area contributed by atoms with Crippen LogP contribution in [-0.2, 0) is 16.0 Å². The van der Waals surface area contributed by atoms with Gasteiger partial charge in [0.25, 0.3) is 0 Å². The Balaban J connectivity index is 1.44. The average molecular weight is 267 g/mol. The van der Waals surface area contributed by atoms with Crippen LogP contribution in [0.25, 0.3) is 0 Å². The highest BCUT2D eigenvalue weighted by atomic mass is 19.1. The van der Waals surface area contributed by atoms with Gasteiger partial charge in [0.1, 0.15) is 5.82 Å². The Bertz CT molecular complexity index is 350. The standard InChI is InChI=1S/C15H22FNO2/c16-14-6-4-13(5-7-14)11-17-8-2-9-18-12-15-3-1-10-19-15/h4-7,15,17H,1-3,8-12H2. The van der Waals surface area contributed by atoms with Crippen LogP contribution in [0.5, 0.6) is 0 Å². The molecule has 0 aliphatic carbocycles. The van der Waals surface area contributed by atoms with Crippen molar-refractivity contribution in [2.45, 2.75) is 31.9 Å². The average Bonchev–Trinajstić information content (AvgIpc) is 2.93. The van der Waals surface area contributed by atoms with Crippen LogP contribution in [0, 0.1) is 5.82 Å². The van der Waals surface area contributed by atoms with Gasteiger partial charge in [-0.1, -0.05) is 12.1 Å². The molecule has 0 aromatic heterocycles. The van der Waals surface area contributed by atoms with Gasteiger partial charge in [0.15, 0.2) is 0 Å². The normalized spacial score (nSPS) is 18.9. The van der Waals surface area contributed by atoms with E-state index in [1.165, 1.54) is 12.1 Å². The van der Waals surface area contributed by atoms with Crippen molar-refractivity contribution in [3.05, 3.63) is 35.6 Å². The number of rotatable bonds is 8. The third-order valence-corrected chi connectivity index (χ3v) is 3.21. The van der Waals surface area contributed by atoms with E-state index in [4.69, 9.17) is 9.47 Å². The molecule has 1 aromatic carbocycles. The van der Waals surface area contributed by atoms with E-state index < -0.39 is 0 Å². The first kappa shape index (κ1) is 14.4. The lowest BCUT2D eigenvalue weighted by Crippen LogP contribution is -2.18. The zero-order valence-electron chi connectivity index (χ0n) is 11.2. The first-order valence-electron chi connectivity index (χ1n) is 6.99. The van der Waals surface area contributed by atoms with E-state index in [0.29, 0.717) is 6.10 Å². The van der Waals surface area contributed by atoms with Crippen molar-refractivity contribution in [2.24, 2.45) is 0 Å². The summed E-state index contributed by atoms with van der Waals surface area (Å²) in [5.74, 6) is -0.189. The van der Waals surface area contributed by atoms with Crippen LogP contribution in [0.2, 0.25) is 0 Å². The van der Waals surface area contributed by atoms with Gasteiger partial charge in [-0.3, -0.25) is 0 Å². The highest BCUT2D eigenvalue weighted by molar-refractivity contribution is 5.15. The van der Waals surface area contributed by atoms with E-state index >= 15 is 0 Å². The van der Waals surface area contributed by atoms with E-state index in [-0.39, 0.29) is 5.82 Å². The maximum absolute atomic E-state index is 12.7. The van der Waals surface area contributed by atoms with Gasteiger partial charge in [-0.15, -0.1) is 0 Å². The summed E-state index contributed by atoms with van der Waals surface area (Å²) in [6.45, 7) is 4.04. The molecule has 1 aliphatic rings. The third kappa shape index (κ3) is 5.68. The van der Waals surface area contributed by atoms with Crippen LogP contribution in [-0.4, -0.2) is 32.5 Å². The molecule has 4 heteroatoms. The number of nitrogens with one attached hydrogen (secondary N) is 1. The molecule has 1 unspecified atom stereocenters. The lowest BCUT2D eigenvalue weighted by molar-refractivity contribution is 0.0166. The molecule has 1 saturated heterocycles. The summed E-state index contributed by atoms with van der Waals surface area (Å²) in [7, 11) is 0. The molecule has 0 spiro atoms. The lowest BCUT2D eigenvalue weighted by atomic mass is 10.2. The summed E-state index contributed by atoms with van der Waals surface area (Å²) in [4.78, 5) is 0. The van der Waals surface area contributed by atoms with Gasteiger partial charge in [-0.05, 0) is 43.5 Å². The fraction of sp³-hybridized carbons (Fsp3) is 0.600. The van der Waals surface area contributed by atoms with Gasteiger partial charge in [-0.2, -0.15) is 0 Å². The molecule has 106 valence electrons. The predicted molar refractivity (Wildman–Crippen MR) is 72.5 cm³/mol. The number of hydrogen-bond acceptors (Lipinski definition) is 3. The van der Waals surface area contributed by atoms with Crippen molar-refractivity contribution in [3.63, 3.8) is 0 Å². The summed E-state index contributed by atoms with van der Waals surface area (Å²) in [5.41, 5.74) is 1.10. The fourth-order valence-corrected chi connectivity index (χ4v) is 2.12. The van der Waals surface area contributed by atoms with Crippen LogP contribution >= 0.6 is 0 Å². The Morgan fingerprint density at radius 2 is 2.16 bits per heavy atom. The van der Waals surface area contributed by atoms with E-state index in [0.717, 1.165) is 57.7 Å². The van der Waals surface area contributed by atoms with Crippen LogP contribution in [0.15, 0.2) is 24.3 Å².